The van der Waals surface area contributed by atoms with E-state index in [1.54, 1.807) is 0 Å². The van der Waals surface area contributed by atoms with Crippen LogP contribution in [-0.4, -0.2) is 16.2 Å². The van der Waals surface area contributed by atoms with Crippen LogP contribution >= 0.6 is 11.6 Å². The second-order valence-corrected chi connectivity index (χ2v) is 7.65. The monoisotopic (exact) mass is 428 g/mol. The summed E-state index contributed by atoms with van der Waals surface area (Å²) in [5, 5.41) is 2.96. The third-order valence-corrected chi connectivity index (χ3v) is 5.54. The molecular formula is C26H21ClN2O2. The van der Waals surface area contributed by atoms with Crippen LogP contribution in [0.15, 0.2) is 91.0 Å². The number of imidazole rings is 1. The Kier molecular flexibility index (Phi) is 5.46. The molecule has 1 heterocycles. The van der Waals surface area contributed by atoms with Crippen molar-refractivity contribution in [3.8, 4) is 11.5 Å². The highest BCUT2D eigenvalue weighted by Crippen LogP contribution is 2.24. The maximum Gasteiger partial charge on any atom is 0.148 e. The maximum atomic E-state index is 6.21. The van der Waals surface area contributed by atoms with Gasteiger partial charge in [-0.05, 0) is 47.2 Å². The zero-order valence-electron chi connectivity index (χ0n) is 16.9. The molecule has 31 heavy (non-hydrogen) atoms. The van der Waals surface area contributed by atoms with E-state index in [0.717, 1.165) is 28.0 Å². The van der Waals surface area contributed by atoms with E-state index in [-0.39, 0.29) is 0 Å². The first kappa shape index (κ1) is 19.5. The third kappa shape index (κ3) is 4.21. The van der Waals surface area contributed by atoms with E-state index >= 15 is 0 Å². The highest BCUT2D eigenvalue weighted by molar-refractivity contribution is 6.32. The number of benzene rings is 4. The number of rotatable bonds is 7. The molecule has 0 saturated carbocycles. The van der Waals surface area contributed by atoms with E-state index in [2.05, 4.69) is 34.9 Å². The van der Waals surface area contributed by atoms with Gasteiger partial charge in [0.25, 0.3) is 0 Å². The largest absolute Gasteiger partial charge is 0.490 e. The van der Waals surface area contributed by atoms with Crippen LogP contribution in [0.2, 0.25) is 5.02 Å². The minimum atomic E-state index is 0.374. The van der Waals surface area contributed by atoms with Crippen molar-refractivity contribution in [2.45, 2.75) is 13.2 Å². The number of hydrogen-bond donors (Lipinski definition) is 0. The lowest BCUT2D eigenvalue weighted by Gasteiger charge is -2.12. The number of nitrogens with zero attached hydrogens (tertiary/aromatic N) is 2. The molecule has 0 spiro atoms. The summed E-state index contributed by atoms with van der Waals surface area (Å²) >= 11 is 6.21. The van der Waals surface area contributed by atoms with E-state index in [0.29, 0.717) is 30.5 Å². The van der Waals surface area contributed by atoms with Gasteiger partial charge in [-0.2, -0.15) is 0 Å². The van der Waals surface area contributed by atoms with Gasteiger partial charge < -0.3 is 14.0 Å². The molecule has 4 nitrogen and oxygen atoms in total. The Morgan fingerprint density at radius 2 is 1.55 bits per heavy atom. The van der Waals surface area contributed by atoms with Crippen LogP contribution in [-0.2, 0) is 13.2 Å². The fraction of sp³-hybridized carbons (Fsp3) is 0.115. The standard InChI is InChI=1S/C26H21ClN2O2/c27-22-9-3-6-12-25(22)30-16-15-29-24-11-5-4-10-23(24)28-26(29)18-31-21-14-13-19-7-1-2-8-20(19)17-21/h1-14,17H,15-16,18H2. The van der Waals surface area contributed by atoms with Crippen LogP contribution in [0.4, 0.5) is 0 Å². The molecule has 0 unspecified atom stereocenters. The Bertz CT molecular complexity index is 1350. The summed E-state index contributed by atoms with van der Waals surface area (Å²) in [5.41, 5.74) is 2.00. The SMILES string of the molecule is Clc1ccccc1OCCn1c(COc2ccc3ccccc3c2)nc2ccccc21. The normalized spacial score (nSPS) is 11.1. The molecule has 0 aliphatic rings. The summed E-state index contributed by atoms with van der Waals surface area (Å²) in [6, 6.07) is 30.0. The Balaban J connectivity index is 1.35. The van der Waals surface area contributed by atoms with Crippen molar-refractivity contribution in [2.75, 3.05) is 6.61 Å². The Labute approximate surface area is 185 Å². The summed E-state index contributed by atoms with van der Waals surface area (Å²) < 4.78 is 14.2. The van der Waals surface area contributed by atoms with Gasteiger partial charge in [0.05, 0.1) is 22.6 Å². The van der Waals surface area contributed by atoms with E-state index in [1.165, 1.54) is 5.39 Å². The topological polar surface area (TPSA) is 36.3 Å². The number of hydrogen-bond acceptors (Lipinski definition) is 3. The molecule has 0 bridgehead atoms. The molecule has 154 valence electrons. The molecule has 5 heteroatoms. The predicted molar refractivity (Wildman–Crippen MR) is 125 cm³/mol. The zero-order valence-corrected chi connectivity index (χ0v) is 17.6. The van der Waals surface area contributed by atoms with Gasteiger partial charge in [-0.15, -0.1) is 0 Å². The summed E-state index contributed by atoms with van der Waals surface area (Å²) in [7, 11) is 0. The quantitative estimate of drug-likeness (QED) is 0.297. The van der Waals surface area contributed by atoms with Crippen molar-refractivity contribution in [3.05, 3.63) is 102 Å². The molecule has 0 aliphatic heterocycles. The van der Waals surface area contributed by atoms with Gasteiger partial charge in [-0.1, -0.05) is 66.2 Å². The van der Waals surface area contributed by atoms with Gasteiger partial charge in [-0.3, -0.25) is 0 Å². The van der Waals surface area contributed by atoms with Crippen molar-refractivity contribution >= 4 is 33.4 Å². The summed E-state index contributed by atoms with van der Waals surface area (Å²) in [6.45, 7) is 1.49. The first-order chi connectivity index (χ1) is 15.3. The Morgan fingerprint density at radius 1 is 0.774 bits per heavy atom. The molecule has 0 saturated heterocycles. The van der Waals surface area contributed by atoms with Crippen LogP contribution in [0.25, 0.3) is 21.8 Å². The number of aromatic nitrogens is 2. The molecule has 0 amide bonds. The third-order valence-electron chi connectivity index (χ3n) is 5.23. The second kappa shape index (κ2) is 8.70. The fourth-order valence-corrected chi connectivity index (χ4v) is 3.89. The van der Waals surface area contributed by atoms with E-state index in [1.807, 2.05) is 60.7 Å². The number of halogens is 1. The lowest BCUT2D eigenvalue weighted by Crippen LogP contribution is -2.13. The molecule has 5 aromatic rings. The van der Waals surface area contributed by atoms with E-state index < -0.39 is 0 Å². The molecule has 0 N–H and O–H groups in total. The number of para-hydroxylation sites is 3. The molecule has 4 aromatic carbocycles. The number of ether oxygens (including phenoxy) is 2. The fourth-order valence-electron chi connectivity index (χ4n) is 3.70. The van der Waals surface area contributed by atoms with E-state index in [4.69, 9.17) is 26.1 Å². The average molecular weight is 429 g/mol. The molecular weight excluding hydrogens is 408 g/mol. The maximum absolute atomic E-state index is 6.21. The van der Waals surface area contributed by atoms with Crippen molar-refractivity contribution in [1.29, 1.82) is 0 Å². The summed E-state index contributed by atoms with van der Waals surface area (Å²) in [4.78, 5) is 4.79. The van der Waals surface area contributed by atoms with Gasteiger partial charge in [-0.25, -0.2) is 4.98 Å². The van der Waals surface area contributed by atoms with Gasteiger partial charge in [0.15, 0.2) is 0 Å². The molecule has 0 aliphatic carbocycles. The van der Waals surface area contributed by atoms with Gasteiger partial charge in [0, 0.05) is 0 Å². The van der Waals surface area contributed by atoms with Crippen molar-refractivity contribution in [1.82, 2.24) is 9.55 Å². The van der Waals surface area contributed by atoms with Crippen LogP contribution in [0.3, 0.4) is 0 Å². The molecule has 0 fully saturated rings. The molecule has 0 radical (unpaired) electrons. The Morgan fingerprint density at radius 3 is 2.45 bits per heavy atom. The van der Waals surface area contributed by atoms with Crippen molar-refractivity contribution in [2.24, 2.45) is 0 Å². The van der Waals surface area contributed by atoms with Crippen molar-refractivity contribution < 1.29 is 9.47 Å². The number of fused-ring (bicyclic) bond motifs is 2. The second-order valence-electron chi connectivity index (χ2n) is 7.24. The van der Waals surface area contributed by atoms with Crippen LogP contribution in [0, 0.1) is 0 Å². The van der Waals surface area contributed by atoms with Gasteiger partial charge in [0.1, 0.15) is 30.5 Å². The van der Waals surface area contributed by atoms with E-state index in [9.17, 15) is 0 Å². The first-order valence-corrected chi connectivity index (χ1v) is 10.6. The highest BCUT2D eigenvalue weighted by atomic mass is 35.5. The lowest BCUT2D eigenvalue weighted by molar-refractivity contribution is 0.272. The minimum Gasteiger partial charge on any atom is -0.490 e. The first-order valence-electron chi connectivity index (χ1n) is 10.2. The van der Waals surface area contributed by atoms with Gasteiger partial charge in [0.2, 0.25) is 0 Å². The van der Waals surface area contributed by atoms with Crippen LogP contribution in [0.1, 0.15) is 5.82 Å². The summed E-state index contributed by atoms with van der Waals surface area (Å²) in [5.74, 6) is 2.37. The Hall–Kier alpha value is -3.50. The smallest absolute Gasteiger partial charge is 0.148 e. The average Bonchev–Trinajstić information content (AvgIpc) is 3.16. The highest BCUT2D eigenvalue weighted by Gasteiger charge is 2.12. The van der Waals surface area contributed by atoms with Crippen LogP contribution < -0.4 is 9.47 Å². The molecule has 1 aromatic heterocycles. The zero-order chi connectivity index (χ0) is 21.0. The molecule has 5 rings (SSSR count). The molecule has 0 atom stereocenters. The van der Waals surface area contributed by atoms with Crippen LogP contribution in [0.5, 0.6) is 11.5 Å². The minimum absolute atomic E-state index is 0.374. The van der Waals surface area contributed by atoms with Crippen molar-refractivity contribution in [3.63, 3.8) is 0 Å². The van der Waals surface area contributed by atoms with Gasteiger partial charge >= 0.3 is 0 Å². The summed E-state index contributed by atoms with van der Waals surface area (Å²) in [6.07, 6.45) is 0. The lowest BCUT2D eigenvalue weighted by atomic mass is 10.1. The predicted octanol–water partition coefficient (Wildman–Crippen LogP) is 6.50.